The molecule has 5 rings (SSSR count). The van der Waals surface area contributed by atoms with Gasteiger partial charge in [0.05, 0.1) is 17.8 Å². The summed E-state index contributed by atoms with van der Waals surface area (Å²) in [6.07, 6.45) is 1.65. The Kier molecular flexibility index (Phi) is 5.87. The Balaban J connectivity index is 1.60. The zero-order valence-electron chi connectivity index (χ0n) is 17.7. The molecular weight excluding hydrogens is 428 g/mol. The monoisotopic (exact) mass is 448 g/mol. The van der Waals surface area contributed by atoms with E-state index in [2.05, 4.69) is 10.2 Å². The van der Waals surface area contributed by atoms with Gasteiger partial charge in [0.2, 0.25) is 0 Å². The number of Topliss-reactive ketones (excluding diaryl/α,β-unsaturated/α-hetero) is 2. The lowest BCUT2D eigenvalue weighted by atomic mass is 9.80. The predicted molar refractivity (Wildman–Crippen MR) is 132 cm³/mol. The van der Waals surface area contributed by atoms with Crippen LogP contribution in [0.25, 0.3) is 0 Å². The van der Waals surface area contributed by atoms with Gasteiger partial charge in [0.15, 0.2) is 11.6 Å². The van der Waals surface area contributed by atoms with E-state index in [9.17, 15) is 9.59 Å². The van der Waals surface area contributed by atoms with Gasteiger partial charge >= 0.3 is 0 Å². The van der Waals surface area contributed by atoms with E-state index in [4.69, 9.17) is 0 Å². The van der Waals surface area contributed by atoms with Crippen LogP contribution in [0, 0.1) is 5.92 Å². The topological polar surface area (TPSA) is 58.9 Å². The average Bonchev–Trinajstić information content (AvgIpc) is 3.47. The van der Waals surface area contributed by atoms with Gasteiger partial charge in [-0.3, -0.25) is 9.59 Å². The van der Waals surface area contributed by atoms with Crippen LogP contribution in [0.4, 0.5) is 0 Å². The number of carbonyl (C=O) groups is 2. The number of rotatable bonds is 6. The molecule has 1 atom stereocenters. The summed E-state index contributed by atoms with van der Waals surface area (Å²) in [6.45, 7) is 0. The molecule has 1 aliphatic carbocycles. The minimum absolute atomic E-state index is 0.196. The number of nitrogens with zero attached hydrogens (tertiary/aromatic N) is 2. The molecule has 0 N–H and O–H groups in total. The summed E-state index contributed by atoms with van der Waals surface area (Å²) in [5, 5.41) is 10.6. The Morgan fingerprint density at radius 1 is 0.788 bits per heavy atom. The van der Waals surface area contributed by atoms with Gasteiger partial charge in [0, 0.05) is 16.0 Å². The molecule has 1 aromatic heterocycles. The van der Waals surface area contributed by atoms with Crippen LogP contribution in [0.3, 0.4) is 0 Å². The lowest BCUT2D eigenvalue weighted by Gasteiger charge is -2.20. The fourth-order valence-corrected chi connectivity index (χ4v) is 4.80. The van der Waals surface area contributed by atoms with Crippen LogP contribution in [-0.2, 0) is 4.79 Å². The Morgan fingerprint density at radius 2 is 1.39 bits per heavy atom. The van der Waals surface area contributed by atoms with Gasteiger partial charge in [-0.05, 0) is 22.6 Å². The summed E-state index contributed by atoms with van der Waals surface area (Å²) >= 11 is 1.55. The number of thiophene rings is 1. The number of carbonyl (C=O) groups excluding carboxylic acids is 2. The van der Waals surface area contributed by atoms with Crippen LogP contribution in [0.5, 0.6) is 0 Å². The summed E-state index contributed by atoms with van der Waals surface area (Å²) in [4.78, 5) is 28.5. The first-order chi connectivity index (χ1) is 16.2. The molecule has 0 bridgehead atoms. The first-order valence-corrected chi connectivity index (χ1v) is 11.5. The highest BCUT2D eigenvalue weighted by Gasteiger charge is 2.44. The highest BCUT2D eigenvalue weighted by atomic mass is 32.1. The van der Waals surface area contributed by atoms with E-state index in [-0.39, 0.29) is 11.6 Å². The number of benzene rings is 3. The molecule has 0 radical (unpaired) electrons. The molecule has 1 heterocycles. The molecule has 0 saturated carbocycles. The van der Waals surface area contributed by atoms with Crippen molar-refractivity contribution in [2.75, 3.05) is 0 Å². The minimum atomic E-state index is -1.01. The Labute approximate surface area is 196 Å². The Bertz CT molecular complexity index is 1300. The summed E-state index contributed by atoms with van der Waals surface area (Å²) in [7, 11) is 0. The predicted octanol–water partition coefficient (Wildman–Crippen LogP) is 5.79. The molecule has 0 amide bonds. The van der Waals surface area contributed by atoms with Crippen LogP contribution >= 0.6 is 11.3 Å². The second-order valence-electron chi connectivity index (χ2n) is 7.74. The van der Waals surface area contributed by atoms with E-state index in [0.717, 1.165) is 16.0 Å². The maximum atomic E-state index is 14.1. The minimum Gasteiger partial charge on any atom is -0.297 e. The molecule has 33 heavy (non-hydrogen) atoms. The number of hydrogen-bond donors (Lipinski definition) is 0. The molecule has 0 aliphatic heterocycles. The number of ketones is 2. The highest BCUT2D eigenvalue weighted by molar-refractivity contribution is 7.11. The van der Waals surface area contributed by atoms with Gasteiger partial charge < -0.3 is 0 Å². The zero-order valence-corrected chi connectivity index (χ0v) is 18.5. The van der Waals surface area contributed by atoms with Gasteiger partial charge in [-0.25, -0.2) is 0 Å². The van der Waals surface area contributed by atoms with Gasteiger partial charge in [-0.1, -0.05) is 91.0 Å². The third-order valence-electron chi connectivity index (χ3n) is 5.73. The maximum Gasteiger partial charge on any atom is 0.180 e. The van der Waals surface area contributed by atoms with Crippen molar-refractivity contribution in [2.45, 2.75) is 5.92 Å². The molecule has 3 aromatic carbocycles. The number of fused-ring (bicyclic) bond motifs is 1. The molecule has 160 valence electrons. The SMILES string of the molecule is O=C1c2ccccc2/C(=N\N=C/c2cccs2)[C@H]1C(=O)C(c1ccccc1)c1ccccc1. The van der Waals surface area contributed by atoms with E-state index >= 15 is 0 Å². The fourth-order valence-electron chi connectivity index (χ4n) is 4.22. The van der Waals surface area contributed by atoms with Crippen molar-refractivity contribution in [1.29, 1.82) is 0 Å². The summed E-state index contributed by atoms with van der Waals surface area (Å²) < 4.78 is 0. The molecule has 1 aliphatic rings. The number of hydrogen-bond acceptors (Lipinski definition) is 5. The first-order valence-electron chi connectivity index (χ1n) is 10.7. The van der Waals surface area contributed by atoms with Crippen LogP contribution in [0.1, 0.15) is 37.8 Å². The van der Waals surface area contributed by atoms with Crippen molar-refractivity contribution in [3.63, 3.8) is 0 Å². The third-order valence-corrected chi connectivity index (χ3v) is 6.54. The van der Waals surface area contributed by atoms with Crippen molar-refractivity contribution in [3.8, 4) is 0 Å². The lowest BCUT2D eigenvalue weighted by molar-refractivity contribution is -0.120. The molecule has 0 fully saturated rings. The quantitative estimate of drug-likeness (QED) is 0.213. The van der Waals surface area contributed by atoms with Crippen molar-refractivity contribution < 1.29 is 9.59 Å². The molecule has 0 unspecified atom stereocenters. The third kappa shape index (κ3) is 4.11. The van der Waals surface area contributed by atoms with E-state index in [0.29, 0.717) is 16.8 Å². The van der Waals surface area contributed by atoms with E-state index < -0.39 is 11.8 Å². The van der Waals surface area contributed by atoms with Gasteiger partial charge in [-0.15, -0.1) is 11.3 Å². The molecule has 0 spiro atoms. The van der Waals surface area contributed by atoms with Gasteiger partial charge in [-0.2, -0.15) is 10.2 Å². The van der Waals surface area contributed by atoms with Gasteiger partial charge in [0.25, 0.3) is 0 Å². The van der Waals surface area contributed by atoms with Crippen LogP contribution in [0.15, 0.2) is 113 Å². The van der Waals surface area contributed by atoms with Crippen LogP contribution < -0.4 is 0 Å². The normalized spacial score (nSPS) is 16.6. The van der Waals surface area contributed by atoms with Crippen molar-refractivity contribution in [1.82, 2.24) is 0 Å². The van der Waals surface area contributed by atoms with Crippen LogP contribution in [-0.4, -0.2) is 23.5 Å². The van der Waals surface area contributed by atoms with E-state index in [1.54, 1.807) is 23.6 Å². The van der Waals surface area contributed by atoms with Gasteiger partial charge in [0.1, 0.15) is 5.92 Å². The summed E-state index contributed by atoms with van der Waals surface area (Å²) in [5.41, 5.74) is 3.29. The molecule has 0 saturated heterocycles. The first kappa shape index (κ1) is 20.9. The van der Waals surface area contributed by atoms with Crippen molar-refractivity contribution >= 4 is 34.8 Å². The molecular formula is C28H20N2O2S. The Hall–Kier alpha value is -3.96. The average molecular weight is 449 g/mol. The van der Waals surface area contributed by atoms with Crippen molar-refractivity contribution in [3.05, 3.63) is 130 Å². The van der Waals surface area contributed by atoms with E-state index in [1.807, 2.05) is 96.4 Å². The molecule has 5 heteroatoms. The molecule has 4 nitrogen and oxygen atoms in total. The summed E-state index contributed by atoms with van der Waals surface area (Å²) in [6, 6.07) is 30.3. The second-order valence-corrected chi connectivity index (χ2v) is 8.72. The molecule has 4 aromatic rings. The fraction of sp³-hybridized carbons (Fsp3) is 0.0714. The smallest absolute Gasteiger partial charge is 0.180 e. The lowest BCUT2D eigenvalue weighted by Crippen LogP contribution is -2.31. The largest absolute Gasteiger partial charge is 0.297 e. The van der Waals surface area contributed by atoms with Crippen LogP contribution in [0.2, 0.25) is 0 Å². The highest BCUT2D eigenvalue weighted by Crippen LogP contribution is 2.35. The standard InChI is InChI=1S/C28H20N2O2S/c31-27-23-16-8-7-15-22(23)26(30-29-18-21-14-9-17-33-21)25(27)28(32)24(19-10-3-1-4-11-19)20-12-5-2-6-13-20/h1-18,24-25H/b29-18-,30-26+/t25-/m1/s1. The second kappa shape index (κ2) is 9.27. The van der Waals surface area contributed by atoms with E-state index in [1.165, 1.54) is 0 Å². The Morgan fingerprint density at radius 3 is 2.00 bits per heavy atom. The summed E-state index contributed by atoms with van der Waals surface area (Å²) in [5.74, 6) is -2.01. The zero-order chi connectivity index (χ0) is 22.6. The van der Waals surface area contributed by atoms with Crippen molar-refractivity contribution in [2.24, 2.45) is 16.1 Å². The maximum absolute atomic E-state index is 14.1.